The molecule has 0 spiro atoms. The monoisotopic (exact) mass is 334 g/mol. The zero-order chi connectivity index (χ0) is 14.7. The first-order valence-electron chi connectivity index (χ1n) is 6.59. The lowest BCUT2D eigenvalue weighted by Crippen LogP contribution is -2.05. The van der Waals surface area contributed by atoms with Gasteiger partial charge in [0.05, 0.1) is 13.2 Å². The Morgan fingerprint density at radius 1 is 1.15 bits per heavy atom. The van der Waals surface area contributed by atoms with Gasteiger partial charge in [-0.05, 0) is 43.2 Å². The van der Waals surface area contributed by atoms with Crippen LogP contribution in [0.25, 0.3) is 0 Å². The van der Waals surface area contributed by atoms with Gasteiger partial charge < -0.3 is 9.84 Å². The highest BCUT2D eigenvalue weighted by Gasteiger charge is 2.15. The van der Waals surface area contributed by atoms with Crippen LogP contribution in [-0.4, -0.2) is 12.2 Å². The van der Waals surface area contributed by atoms with E-state index in [-0.39, 0.29) is 0 Å². The van der Waals surface area contributed by atoms with Crippen molar-refractivity contribution in [1.82, 2.24) is 0 Å². The Balaban J connectivity index is 2.30. The zero-order valence-corrected chi connectivity index (χ0v) is 13.6. The van der Waals surface area contributed by atoms with E-state index in [1.54, 1.807) is 7.11 Å². The lowest BCUT2D eigenvalue weighted by Gasteiger charge is -2.17. The quantitative estimate of drug-likeness (QED) is 0.900. The summed E-state index contributed by atoms with van der Waals surface area (Å²) in [6.45, 7) is 4.13. The van der Waals surface area contributed by atoms with Crippen molar-refractivity contribution in [3.8, 4) is 5.75 Å². The van der Waals surface area contributed by atoms with Crippen LogP contribution in [0.15, 0.2) is 40.9 Å². The number of aryl methyl sites for hydroxylation is 2. The molecule has 1 atom stereocenters. The first-order valence-corrected chi connectivity index (χ1v) is 7.38. The van der Waals surface area contributed by atoms with E-state index in [4.69, 9.17) is 4.74 Å². The fraction of sp³-hybridized carbons (Fsp3) is 0.294. The highest BCUT2D eigenvalue weighted by atomic mass is 79.9. The molecule has 0 saturated carbocycles. The molecule has 0 heterocycles. The average Bonchev–Trinajstić information content (AvgIpc) is 2.42. The predicted octanol–water partition coefficient (Wildman–Crippen LogP) is 4.35. The molecule has 20 heavy (non-hydrogen) atoms. The van der Waals surface area contributed by atoms with Crippen LogP contribution < -0.4 is 4.74 Å². The van der Waals surface area contributed by atoms with Crippen molar-refractivity contribution in [1.29, 1.82) is 0 Å². The number of hydrogen-bond donors (Lipinski definition) is 1. The number of halogens is 1. The van der Waals surface area contributed by atoms with Gasteiger partial charge in [-0.2, -0.15) is 0 Å². The fourth-order valence-electron chi connectivity index (χ4n) is 2.30. The van der Waals surface area contributed by atoms with Crippen LogP contribution in [0, 0.1) is 13.8 Å². The highest BCUT2D eigenvalue weighted by Crippen LogP contribution is 2.31. The largest absolute Gasteiger partial charge is 0.496 e. The second kappa shape index (κ2) is 6.42. The Morgan fingerprint density at radius 3 is 2.60 bits per heavy atom. The molecule has 0 radical (unpaired) electrons. The number of aliphatic hydroxyl groups excluding tert-OH is 1. The average molecular weight is 335 g/mol. The van der Waals surface area contributed by atoms with E-state index in [0.717, 1.165) is 10.0 Å². The lowest BCUT2D eigenvalue weighted by molar-refractivity contribution is 0.173. The third-order valence-electron chi connectivity index (χ3n) is 3.47. The lowest BCUT2D eigenvalue weighted by atomic mass is 9.96. The van der Waals surface area contributed by atoms with Crippen LogP contribution in [-0.2, 0) is 6.42 Å². The molecule has 1 unspecified atom stereocenters. The van der Waals surface area contributed by atoms with Gasteiger partial charge >= 0.3 is 0 Å². The van der Waals surface area contributed by atoms with Crippen LogP contribution in [0.5, 0.6) is 5.75 Å². The molecule has 0 aliphatic heterocycles. The zero-order valence-electron chi connectivity index (χ0n) is 12.0. The van der Waals surface area contributed by atoms with E-state index >= 15 is 0 Å². The maximum atomic E-state index is 10.5. The molecule has 2 aromatic rings. The summed E-state index contributed by atoms with van der Waals surface area (Å²) in [7, 11) is 1.62. The van der Waals surface area contributed by atoms with E-state index in [1.807, 2.05) is 18.2 Å². The number of methoxy groups -OCH3 is 1. The van der Waals surface area contributed by atoms with E-state index in [0.29, 0.717) is 12.2 Å². The van der Waals surface area contributed by atoms with Crippen molar-refractivity contribution in [3.63, 3.8) is 0 Å². The first kappa shape index (κ1) is 15.1. The third-order valence-corrected chi connectivity index (χ3v) is 3.96. The van der Waals surface area contributed by atoms with Crippen molar-refractivity contribution in [2.75, 3.05) is 7.11 Å². The van der Waals surface area contributed by atoms with E-state index in [2.05, 4.69) is 48.0 Å². The number of benzene rings is 2. The van der Waals surface area contributed by atoms with Gasteiger partial charge in [-0.15, -0.1) is 0 Å². The Morgan fingerprint density at radius 2 is 1.90 bits per heavy atom. The number of ether oxygens (including phenoxy) is 1. The minimum Gasteiger partial charge on any atom is -0.496 e. The molecule has 2 nitrogen and oxygen atoms in total. The summed E-state index contributed by atoms with van der Waals surface area (Å²) in [4.78, 5) is 0. The van der Waals surface area contributed by atoms with Gasteiger partial charge in [-0.1, -0.05) is 39.7 Å². The molecule has 0 fully saturated rings. The molecular weight excluding hydrogens is 316 g/mol. The van der Waals surface area contributed by atoms with Crippen LogP contribution in [0.2, 0.25) is 0 Å². The van der Waals surface area contributed by atoms with Crippen molar-refractivity contribution in [3.05, 3.63) is 63.1 Å². The summed E-state index contributed by atoms with van der Waals surface area (Å²) >= 11 is 3.44. The van der Waals surface area contributed by atoms with Crippen LogP contribution >= 0.6 is 15.9 Å². The molecule has 106 valence electrons. The van der Waals surface area contributed by atoms with Gasteiger partial charge in [0.25, 0.3) is 0 Å². The Hall–Kier alpha value is -1.32. The summed E-state index contributed by atoms with van der Waals surface area (Å²) in [6.07, 6.45) is 0.00306. The van der Waals surface area contributed by atoms with E-state index in [1.165, 1.54) is 16.7 Å². The maximum absolute atomic E-state index is 10.5. The predicted molar refractivity (Wildman–Crippen MR) is 85.3 cm³/mol. The first-order chi connectivity index (χ1) is 9.51. The normalized spacial score (nSPS) is 12.2. The van der Waals surface area contributed by atoms with Crippen molar-refractivity contribution in [2.45, 2.75) is 26.4 Å². The fourth-order valence-corrected chi connectivity index (χ4v) is 2.68. The summed E-state index contributed by atoms with van der Waals surface area (Å²) < 4.78 is 6.27. The maximum Gasteiger partial charge on any atom is 0.124 e. The number of rotatable bonds is 4. The molecule has 0 saturated heterocycles. The van der Waals surface area contributed by atoms with Crippen molar-refractivity contribution >= 4 is 15.9 Å². The summed E-state index contributed by atoms with van der Waals surface area (Å²) in [5, 5.41) is 10.5. The molecule has 1 N–H and O–H groups in total. The Kier molecular flexibility index (Phi) is 4.84. The molecule has 0 aromatic heterocycles. The van der Waals surface area contributed by atoms with Crippen molar-refractivity contribution < 1.29 is 9.84 Å². The topological polar surface area (TPSA) is 29.5 Å². The molecule has 2 aromatic carbocycles. The second-order valence-electron chi connectivity index (χ2n) is 5.04. The smallest absolute Gasteiger partial charge is 0.124 e. The van der Waals surface area contributed by atoms with Crippen LogP contribution in [0.4, 0.5) is 0 Å². The Bertz CT molecular complexity index is 608. The molecular formula is C17H19BrO2. The second-order valence-corrected chi connectivity index (χ2v) is 5.95. The van der Waals surface area contributed by atoms with Gasteiger partial charge in [0, 0.05) is 16.5 Å². The molecule has 0 aliphatic carbocycles. The van der Waals surface area contributed by atoms with Gasteiger partial charge in [0.15, 0.2) is 0 Å². The van der Waals surface area contributed by atoms with Gasteiger partial charge in [-0.25, -0.2) is 0 Å². The molecule has 0 aliphatic rings. The van der Waals surface area contributed by atoms with Gasteiger partial charge in [-0.3, -0.25) is 0 Å². The highest BCUT2D eigenvalue weighted by molar-refractivity contribution is 9.10. The summed E-state index contributed by atoms with van der Waals surface area (Å²) in [5.74, 6) is 0.714. The van der Waals surface area contributed by atoms with Gasteiger partial charge in [0.1, 0.15) is 5.75 Å². The van der Waals surface area contributed by atoms with E-state index < -0.39 is 6.10 Å². The van der Waals surface area contributed by atoms with Gasteiger partial charge in [0.2, 0.25) is 0 Å². The van der Waals surface area contributed by atoms with Crippen LogP contribution in [0.1, 0.15) is 28.4 Å². The summed E-state index contributed by atoms with van der Waals surface area (Å²) in [6, 6.07) is 12.0. The SMILES string of the molecule is COc1ccc(Br)cc1C(O)Cc1cc(C)ccc1C. The molecule has 2 rings (SSSR count). The third kappa shape index (κ3) is 3.41. The minimum absolute atomic E-state index is 0.581. The minimum atomic E-state index is -0.581. The van der Waals surface area contributed by atoms with E-state index in [9.17, 15) is 5.11 Å². The number of aliphatic hydroxyl groups is 1. The number of hydrogen-bond acceptors (Lipinski definition) is 2. The molecule has 0 bridgehead atoms. The van der Waals surface area contributed by atoms with Crippen LogP contribution in [0.3, 0.4) is 0 Å². The standard InChI is InChI=1S/C17H19BrO2/c1-11-4-5-12(2)13(8-11)9-16(19)15-10-14(18)6-7-17(15)20-3/h4-8,10,16,19H,9H2,1-3H3. The molecule has 0 amide bonds. The molecule has 3 heteroatoms. The summed E-state index contributed by atoms with van der Waals surface area (Å²) in [5.41, 5.74) is 4.38. The Labute approximate surface area is 128 Å². The van der Waals surface area contributed by atoms with Crippen molar-refractivity contribution in [2.24, 2.45) is 0 Å².